The number of carbonyl (C=O) groups excluding carboxylic acids is 1. The lowest BCUT2D eigenvalue weighted by atomic mass is 9.85. The number of likely N-dealkylation sites (tertiary alicyclic amines) is 2. The van der Waals surface area contributed by atoms with Gasteiger partial charge < -0.3 is 4.90 Å². The predicted molar refractivity (Wildman–Crippen MR) is 107 cm³/mol. The third-order valence-electron chi connectivity index (χ3n) is 6.20. The summed E-state index contributed by atoms with van der Waals surface area (Å²) in [6.45, 7) is 7.85. The molecule has 1 spiro atoms. The van der Waals surface area contributed by atoms with Crippen LogP contribution in [0.5, 0.6) is 0 Å². The number of para-hydroxylation sites is 1. The van der Waals surface area contributed by atoms with Crippen LogP contribution in [0.4, 0.5) is 0 Å². The molecule has 144 valence electrons. The van der Waals surface area contributed by atoms with Crippen molar-refractivity contribution < 1.29 is 4.79 Å². The van der Waals surface area contributed by atoms with Gasteiger partial charge in [-0.25, -0.2) is 4.68 Å². The first-order valence-corrected chi connectivity index (χ1v) is 10.3. The summed E-state index contributed by atoms with van der Waals surface area (Å²) in [4.78, 5) is 17.9. The zero-order valence-corrected chi connectivity index (χ0v) is 16.5. The lowest BCUT2D eigenvalue weighted by molar-refractivity contribution is -0.147. The molecule has 27 heavy (non-hydrogen) atoms. The van der Waals surface area contributed by atoms with E-state index in [4.69, 9.17) is 5.10 Å². The zero-order chi connectivity index (χ0) is 18.9. The van der Waals surface area contributed by atoms with Gasteiger partial charge in [0.2, 0.25) is 5.91 Å². The van der Waals surface area contributed by atoms with Crippen molar-refractivity contribution in [1.82, 2.24) is 19.6 Å². The molecule has 0 bridgehead atoms. The molecule has 2 aliphatic heterocycles. The van der Waals surface area contributed by atoms with E-state index in [1.54, 1.807) is 0 Å². The standard InChI is InChI=1S/C22H30N4O/c1-3-13-24-14-7-11-22(21(24)27)12-8-15-25(22)16-19-17-26(23-18(19)2)20-9-5-4-6-10-20/h4-6,9-10,17H,3,7-8,11-16H2,1-2H3. The lowest BCUT2D eigenvalue weighted by Gasteiger charge is -2.44. The van der Waals surface area contributed by atoms with Crippen molar-refractivity contribution in [2.45, 2.75) is 58.0 Å². The Morgan fingerprint density at radius 3 is 2.59 bits per heavy atom. The molecule has 5 nitrogen and oxygen atoms in total. The van der Waals surface area contributed by atoms with E-state index in [1.165, 1.54) is 5.56 Å². The van der Waals surface area contributed by atoms with E-state index in [1.807, 2.05) is 22.9 Å². The number of benzene rings is 1. The van der Waals surface area contributed by atoms with E-state index in [2.05, 4.69) is 42.0 Å². The van der Waals surface area contributed by atoms with Gasteiger partial charge >= 0.3 is 0 Å². The highest BCUT2D eigenvalue weighted by atomic mass is 16.2. The molecule has 2 aromatic rings. The molecule has 1 aromatic carbocycles. The van der Waals surface area contributed by atoms with Crippen molar-refractivity contribution in [1.29, 1.82) is 0 Å². The van der Waals surface area contributed by atoms with Crippen LogP contribution >= 0.6 is 0 Å². The predicted octanol–water partition coefficient (Wildman–Crippen LogP) is 3.55. The van der Waals surface area contributed by atoms with Crippen molar-refractivity contribution in [3.63, 3.8) is 0 Å². The Morgan fingerprint density at radius 1 is 1.11 bits per heavy atom. The third-order valence-corrected chi connectivity index (χ3v) is 6.20. The van der Waals surface area contributed by atoms with Crippen molar-refractivity contribution in [3.8, 4) is 5.69 Å². The summed E-state index contributed by atoms with van der Waals surface area (Å²) in [7, 11) is 0. The summed E-state index contributed by atoms with van der Waals surface area (Å²) >= 11 is 0. The topological polar surface area (TPSA) is 41.4 Å². The lowest BCUT2D eigenvalue weighted by Crippen LogP contribution is -2.59. The van der Waals surface area contributed by atoms with Gasteiger partial charge in [-0.2, -0.15) is 5.10 Å². The summed E-state index contributed by atoms with van der Waals surface area (Å²) in [5, 5.41) is 4.71. The minimum absolute atomic E-state index is 0.283. The van der Waals surface area contributed by atoms with Gasteiger partial charge in [0.1, 0.15) is 5.54 Å². The number of hydrogen-bond acceptors (Lipinski definition) is 3. The zero-order valence-electron chi connectivity index (χ0n) is 16.5. The van der Waals surface area contributed by atoms with E-state index in [9.17, 15) is 4.79 Å². The maximum atomic E-state index is 13.3. The summed E-state index contributed by atoms with van der Waals surface area (Å²) in [6.07, 6.45) is 7.39. The first kappa shape index (κ1) is 18.2. The second-order valence-electron chi connectivity index (χ2n) is 7.97. The number of nitrogens with zero attached hydrogens (tertiary/aromatic N) is 4. The molecule has 0 aliphatic carbocycles. The third kappa shape index (κ3) is 3.29. The molecule has 5 heteroatoms. The van der Waals surface area contributed by atoms with Gasteiger partial charge in [0.15, 0.2) is 0 Å². The highest BCUT2D eigenvalue weighted by Crippen LogP contribution is 2.39. The van der Waals surface area contributed by atoms with Crippen molar-refractivity contribution >= 4 is 5.91 Å². The molecular weight excluding hydrogens is 336 g/mol. The monoisotopic (exact) mass is 366 g/mol. The van der Waals surface area contributed by atoms with Crippen molar-refractivity contribution in [3.05, 3.63) is 47.8 Å². The van der Waals surface area contributed by atoms with Crippen molar-refractivity contribution in [2.24, 2.45) is 0 Å². The van der Waals surface area contributed by atoms with E-state index in [0.29, 0.717) is 5.91 Å². The highest BCUT2D eigenvalue weighted by molar-refractivity contribution is 5.87. The first-order chi connectivity index (χ1) is 13.1. The van der Waals surface area contributed by atoms with Crippen LogP contribution in [0.3, 0.4) is 0 Å². The van der Waals surface area contributed by atoms with E-state index in [-0.39, 0.29) is 5.54 Å². The van der Waals surface area contributed by atoms with E-state index >= 15 is 0 Å². The molecule has 2 fully saturated rings. The molecule has 2 saturated heterocycles. The van der Waals surface area contributed by atoms with Crippen LogP contribution in [0.1, 0.15) is 50.3 Å². The Labute approximate surface area is 162 Å². The smallest absolute Gasteiger partial charge is 0.243 e. The van der Waals surface area contributed by atoms with Crippen LogP contribution in [0.15, 0.2) is 36.5 Å². The van der Waals surface area contributed by atoms with Gasteiger partial charge in [-0.15, -0.1) is 0 Å². The number of carbonyl (C=O) groups is 1. The van der Waals surface area contributed by atoms with Crippen molar-refractivity contribution in [2.75, 3.05) is 19.6 Å². The van der Waals surface area contributed by atoms with Crippen LogP contribution < -0.4 is 0 Å². The number of rotatable bonds is 5. The first-order valence-electron chi connectivity index (χ1n) is 10.3. The molecule has 1 aromatic heterocycles. The van der Waals surface area contributed by atoms with Crippen LogP contribution in [0.2, 0.25) is 0 Å². The molecule has 2 aliphatic rings. The molecule has 3 heterocycles. The maximum absolute atomic E-state index is 13.3. The van der Waals surface area contributed by atoms with Gasteiger partial charge in [0, 0.05) is 31.4 Å². The Hall–Kier alpha value is -2.14. The largest absolute Gasteiger partial charge is 0.341 e. The Balaban J connectivity index is 1.57. The average molecular weight is 367 g/mol. The molecule has 4 rings (SSSR count). The molecule has 0 N–H and O–H groups in total. The molecular formula is C22H30N4O. The quantitative estimate of drug-likeness (QED) is 0.813. The normalized spacial score (nSPS) is 23.5. The number of amides is 1. The Bertz CT molecular complexity index is 798. The Morgan fingerprint density at radius 2 is 1.85 bits per heavy atom. The summed E-state index contributed by atoms with van der Waals surface area (Å²) in [5.74, 6) is 0.362. The fraction of sp³-hybridized carbons (Fsp3) is 0.545. The maximum Gasteiger partial charge on any atom is 0.243 e. The SMILES string of the molecule is CCCN1CCCC2(CCCN2Cc2cn(-c3ccccc3)nc2C)C1=O. The summed E-state index contributed by atoms with van der Waals surface area (Å²) < 4.78 is 1.96. The molecule has 1 unspecified atom stereocenters. The minimum atomic E-state index is -0.283. The number of aryl methyl sites for hydroxylation is 1. The Kier molecular flexibility index (Phi) is 5.04. The van der Waals surface area contributed by atoms with Crippen LogP contribution in [0.25, 0.3) is 5.69 Å². The van der Waals surface area contributed by atoms with Gasteiger partial charge in [0.05, 0.1) is 11.4 Å². The van der Waals surface area contributed by atoms with Gasteiger partial charge in [0.25, 0.3) is 0 Å². The summed E-state index contributed by atoms with van der Waals surface area (Å²) in [6, 6.07) is 10.2. The van der Waals surface area contributed by atoms with Crippen LogP contribution in [-0.4, -0.2) is 50.7 Å². The fourth-order valence-electron chi connectivity index (χ4n) is 4.81. The minimum Gasteiger partial charge on any atom is -0.341 e. The second kappa shape index (κ2) is 7.47. The molecule has 1 atom stereocenters. The van der Waals surface area contributed by atoms with Crippen LogP contribution in [0, 0.1) is 6.92 Å². The van der Waals surface area contributed by atoms with Gasteiger partial charge in [-0.3, -0.25) is 9.69 Å². The van der Waals surface area contributed by atoms with Gasteiger partial charge in [-0.05, 0) is 57.7 Å². The highest BCUT2D eigenvalue weighted by Gasteiger charge is 2.50. The summed E-state index contributed by atoms with van der Waals surface area (Å²) in [5.41, 5.74) is 3.07. The van der Waals surface area contributed by atoms with E-state index in [0.717, 1.165) is 69.7 Å². The number of piperidine rings is 1. The second-order valence-corrected chi connectivity index (χ2v) is 7.97. The molecule has 0 saturated carbocycles. The number of hydrogen-bond donors (Lipinski definition) is 0. The molecule has 0 radical (unpaired) electrons. The average Bonchev–Trinajstić information content (AvgIpc) is 3.25. The van der Waals surface area contributed by atoms with Gasteiger partial charge in [-0.1, -0.05) is 25.1 Å². The van der Waals surface area contributed by atoms with E-state index < -0.39 is 0 Å². The number of aromatic nitrogens is 2. The van der Waals surface area contributed by atoms with Crippen LogP contribution in [-0.2, 0) is 11.3 Å². The fourth-order valence-corrected chi connectivity index (χ4v) is 4.81. The molecule has 1 amide bonds.